The average Bonchev–Trinajstić information content (AvgIpc) is 2.40. The molecular formula is C14H18BrN3O3. The highest BCUT2D eigenvalue weighted by atomic mass is 79.9. The van der Waals surface area contributed by atoms with Crippen molar-refractivity contribution in [1.82, 2.24) is 10.2 Å². The van der Waals surface area contributed by atoms with Gasteiger partial charge in [0, 0.05) is 22.7 Å². The first-order valence-corrected chi connectivity index (χ1v) is 7.54. The van der Waals surface area contributed by atoms with Crippen molar-refractivity contribution >= 4 is 33.6 Å². The van der Waals surface area contributed by atoms with E-state index in [1.54, 1.807) is 12.1 Å². The van der Waals surface area contributed by atoms with E-state index in [4.69, 9.17) is 5.11 Å². The number of halogens is 1. The molecule has 3 N–H and O–H groups in total. The summed E-state index contributed by atoms with van der Waals surface area (Å²) < 4.78 is 0.481. The summed E-state index contributed by atoms with van der Waals surface area (Å²) in [6, 6.07) is 4.50. The first-order valence-electron chi connectivity index (χ1n) is 6.74. The van der Waals surface area contributed by atoms with Gasteiger partial charge in [0.05, 0.1) is 5.56 Å². The van der Waals surface area contributed by atoms with Crippen molar-refractivity contribution in [2.45, 2.75) is 18.9 Å². The summed E-state index contributed by atoms with van der Waals surface area (Å²) in [7, 11) is 2.03. The molecule has 114 valence electrons. The number of aromatic carboxylic acids is 1. The fraction of sp³-hybridized carbons (Fsp3) is 0.429. The minimum atomic E-state index is -1.04. The van der Waals surface area contributed by atoms with Crippen LogP contribution in [0, 0.1) is 0 Å². The van der Waals surface area contributed by atoms with Crippen LogP contribution in [0.15, 0.2) is 22.7 Å². The van der Waals surface area contributed by atoms with Gasteiger partial charge in [-0.05, 0) is 60.6 Å². The number of rotatable bonds is 3. The predicted octanol–water partition coefficient (Wildman–Crippen LogP) is 2.36. The van der Waals surface area contributed by atoms with E-state index in [2.05, 4.69) is 31.5 Å². The number of likely N-dealkylation sites (N-methyl/N-ethyl adjacent to an activating group) is 1. The number of piperidine rings is 1. The zero-order valence-electron chi connectivity index (χ0n) is 11.7. The minimum Gasteiger partial charge on any atom is -0.478 e. The van der Waals surface area contributed by atoms with Crippen molar-refractivity contribution < 1.29 is 14.7 Å². The standard InChI is InChI=1S/C14H18BrN3O3/c1-18-6-2-3-10(8-18)17-14(21)16-9-4-5-12(15)11(7-9)13(19)20/h4-5,7,10H,2-3,6,8H2,1H3,(H,19,20)(H2,16,17,21). The number of carbonyl (C=O) groups is 2. The average molecular weight is 356 g/mol. The molecule has 1 aliphatic rings. The number of likely N-dealkylation sites (tertiary alicyclic amines) is 1. The zero-order chi connectivity index (χ0) is 15.4. The summed E-state index contributed by atoms with van der Waals surface area (Å²) >= 11 is 3.17. The molecule has 1 atom stereocenters. The lowest BCUT2D eigenvalue weighted by Crippen LogP contribution is -2.47. The third-order valence-corrected chi connectivity index (χ3v) is 4.11. The minimum absolute atomic E-state index is 0.116. The number of anilines is 1. The van der Waals surface area contributed by atoms with E-state index < -0.39 is 5.97 Å². The Labute approximate surface area is 131 Å². The lowest BCUT2D eigenvalue weighted by Gasteiger charge is -2.30. The number of nitrogens with one attached hydrogen (secondary N) is 2. The first-order chi connectivity index (χ1) is 9.95. The monoisotopic (exact) mass is 355 g/mol. The van der Waals surface area contributed by atoms with Crippen molar-refractivity contribution in [2.75, 3.05) is 25.5 Å². The SMILES string of the molecule is CN1CCCC(NC(=O)Nc2ccc(Br)c(C(=O)O)c2)C1. The van der Waals surface area contributed by atoms with Crippen molar-refractivity contribution in [2.24, 2.45) is 0 Å². The smallest absolute Gasteiger partial charge is 0.336 e. The second-order valence-corrected chi connectivity index (χ2v) is 6.05. The molecule has 1 saturated heterocycles. The molecule has 2 rings (SSSR count). The quantitative estimate of drug-likeness (QED) is 0.777. The van der Waals surface area contributed by atoms with Gasteiger partial charge in [0.15, 0.2) is 0 Å². The Bertz CT molecular complexity index is 550. The highest BCUT2D eigenvalue weighted by Crippen LogP contribution is 2.21. The second-order valence-electron chi connectivity index (χ2n) is 5.20. The van der Waals surface area contributed by atoms with E-state index >= 15 is 0 Å². The molecule has 6 nitrogen and oxygen atoms in total. The second kappa shape index (κ2) is 6.91. The van der Waals surface area contributed by atoms with Crippen molar-refractivity contribution in [3.8, 4) is 0 Å². The van der Waals surface area contributed by atoms with Gasteiger partial charge in [-0.15, -0.1) is 0 Å². The first kappa shape index (κ1) is 15.8. The number of carbonyl (C=O) groups excluding carboxylic acids is 1. The maximum atomic E-state index is 12.0. The molecule has 7 heteroatoms. The van der Waals surface area contributed by atoms with Crippen LogP contribution in [0.4, 0.5) is 10.5 Å². The van der Waals surface area contributed by atoms with Gasteiger partial charge in [-0.3, -0.25) is 0 Å². The van der Waals surface area contributed by atoms with E-state index in [-0.39, 0.29) is 17.6 Å². The summed E-state index contributed by atoms with van der Waals surface area (Å²) in [4.78, 5) is 25.2. The van der Waals surface area contributed by atoms with Gasteiger partial charge in [0.25, 0.3) is 0 Å². The molecule has 0 aliphatic carbocycles. The number of benzene rings is 1. The molecule has 2 amide bonds. The number of amides is 2. The Morgan fingerprint density at radius 2 is 2.19 bits per heavy atom. The number of nitrogens with zero attached hydrogens (tertiary/aromatic N) is 1. The lowest BCUT2D eigenvalue weighted by atomic mass is 10.1. The Morgan fingerprint density at radius 3 is 2.86 bits per heavy atom. The fourth-order valence-electron chi connectivity index (χ4n) is 2.40. The molecule has 0 radical (unpaired) electrons. The number of urea groups is 1. The van der Waals surface area contributed by atoms with Crippen LogP contribution in [0.3, 0.4) is 0 Å². The molecule has 1 aliphatic heterocycles. The molecule has 1 fully saturated rings. The molecule has 0 aromatic heterocycles. The van der Waals surface area contributed by atoms with Gasteiger partial charge in [-0.1, -0.05) is 0 Å². The van der Waals surface area contributed by atoms with E-state index in [9.17, 15) is 9.59 Å². The maximum absolute atomic E-state index is 12.0. The van der Waals surface area contributed by atoms with Crippen LogP contribution in [0.1, 0.15) is 23.2 Å². The van der Waals surface area contributed by atoms with Crippen LogP contribution in [-0.2, 0) is 0 Å². The van der Waals surface area contributed by atoms with E-state index in [0.717, 1.165) is 25.9 Å². The van der Waals surface area contributed by atoms with Gasteiger partial charge in [-0.2, -0.15) is 0 Å². The number of hydrogen-bond acceptors (Lipinski definition) is 3. The molecule has 21 heavy (non-hydrogen) atoms. The maximum Gasteiger partial charge on any atom is 0.336 e. The van der Waals surface area contributed by atoms with E-state index in [0.29, 0.717) is 10.2 Å². The van der Waals surface area contributed by atoms with Gasteiger partial charge in [-0.25, -0.2) is 9.59 Å². The summed E-state index contributed by atoms with van der Waals surface area (Å²) in [5.74, 6) is -1.04. The molecule has 1 aromatic rings. The van der Waals surface area contributed by atoms with Crippen LogP contribution in [-0.4, -0.2) is 48.2 Å². The Hall–Kier alpha value is -1.60. The van der Waals surface area contributed by atoms with E-state index in [1.807, 2.05) is 7.05 Å². The highest BCUT2D eigenvalue weighted by molar-refractivity contribution is 9.10. The number of carboxylic acids is 1. The van der Waals surface area contributed by atoms with Crippen LogP contribution >= 0.6 is 15.9 Å². The highest BCUT2D eigenvalue weighted by Gasteiger charge is 2.19. The third-order valence-electron chi connectivity index (χ3n) is 3.41. The molecule has 1 heterocycles. The van der Waals surface area contributed by atoms with Crippen molar-refractivity contribution in [3.05, 3.63) is 28.2 Å². The van der Waals surface area contributed by atoms with Gasteiger partial charge < -0.3 is 20.6 Å². The Balaban J connectivity index is 1.96. The molecular weight excluding hydrogens is 338 g/mol. The van der Waals surface area contributed by atoms with E-state index in [1.165, 1.54) is 6.07 Å². The van der Waals surface area contributed by atoms with Crippen LogP contribution in [0.5, 0.6) is 0 Å². The zero-order valence-corrected chi connectivity index (χ0v) is 13.3. The van der Waals surface area contributed by atoms with Gasteiger partial charge in [0.1, 0.15) is 0 Å². The summed E-state index contributed by atoms with van der Waals surface area (Å²) in [6.45, 7) is 1.88. The summed E-state index contributed by atoms with van der Waals surface area (Å²) in [6.07, 6.45) is 2.02. The Kier molecular flexibility index (Phi) is 5.19. The summed E-state index contributed by atoms with van der Waals surface area (Å²) in [5, 5.41) is 14.6. The Morgan fingerprint density at radius 1 is 1.43 bits per heavy atom. The third kappa shape index (κ3) is 4.44. The molecule has 0 saturated carbocycles. The van der Waals surface area contributed by atoms with Crippen molar-refractivity contribution in [3.63, 3.8) is 0 Å². The molecule has 1 unspecified atom stereocenters. The van der Waals surface area contributed by atoms with Crippen molar-refractivity contribution in [1.29, 1.82) is 0 Å². The lowest BCUT2D eigenvalue weighted by molar-refractivity contribution is 0.0696. The topological polar surface area (TPSA) is 81.7 Å². The van der Waals surface area contributed by atoms with Crippen LogP contribution in [0.2, 0.25) is 0 Å². The van der Waals surface area contributed by atoms with Gasteiger partial charge >= 0.3 is 12.0 Å². The van der Waals surface area contributed by atoms with Crippen LogP contribution < -0.4 is 10.6 Å². The number of carboxylic acid groups (broad SMARTS) is 1. The van der Waals surface area contributed by atoms with Crippen LogP contribution in [0.25, 0.3) is 0 Å². The van der Waals surface area contributed by atoms with Gasteiger partial charge in [0.2, 0.25) is 0 Å². The molecule has 1 aromatic carbocycles. The number of hydrogen-bond donors (Lipinski definition) is 3. The summed E-state index contributed by atoms with van der Waals surface area (Å²) in [5.41, 5.74) is 0.572. The predicted molar refractivity (Wildman–Crippen MR) is 83.8 cm³/mol. The molecule has 0 spiro atoms. The normalized spacial score (nSPS) is 19.0. The fourth-order valence-corrected chi connectivity index (χ4v) is 2.82. The molecule has 0 bridgehead atoms. The largest absolute Gasteiger partial charge is 0.478 e.